The fourth-order valence-corrected chi connectivity index (χ4v) is 2.75. The average Bonchev–Trinajstić information content (AvgIpc) is 2.64. The number of carbonyl (C=O) groups is 1. The predicted octanol–water partition coefficient (Wildman–Crippen LogP) is 0.439. The van der Waals surface area contributed by atoms with E-state index in [1.54, 1.807) is 6.07 Å². The van der Waals surface area contributed by atoms with E-state index in [0.717, 1.165) is 0 Å². The van der Waals surface area contributed by atoms with Gasteiger partial charge in [0.25, 0.3) is 0 Å². The Hall–Kier alpha value is -1.31. The summed E-state index contributed by atoms with van der Waals surface area (Å²) in [5, 5.41) is 13.9. The Bertz CT molecular complexity index is 602. The molecule has 1 fully saturated rings. The van der Waals surface area contributed by atoms with Gasteiger partial charge in [0, 0.05) is 13.0 Å². The van der Waals surface area contributed by atoms with E-state index < -0.39 is 21.2 Å². The van der Waals surface area contributed by atoms with Gasteiger partial charge in [0.1, 0.15) is 5.25 Å². The van der Waals surface area contributed by atoms with Crippen LogP contribution in [0.2, 0.25) is 5.02 Å². The number of hydrogen-bond acceptors (Lipinski definition) is 4. The van der Waals surface area contributed by atoms with E-state index in [0.29, 0.717) is 0 Å². The number of aromatic hydroxyl groups is 1. The van der Waals surface area contributed by atoms with Crippen molar-refractivity contribution in [3.8, 4) is 5.75 Å². The van der Waals surface area contributed by atoms with Gasteiger partial charge in [-0.15, -0.1) is 0 Å². The summed E-state index contributed by atoms with van der Waals surface area (Å²) >= 11 is 5.74. The number of phenolic OH excluding ortho intramolecular Hbond substituents is 1. The van der Waals surface area contributed by atoms with E-state index >= 15 is 0 Å². The summed E-state index contributed by atoms with van der Waals surface area (Å²) in [6.07, 6.45) is -0.190. The second-order valence-electron chi connectivity index (χ2n) is 4.03. The molecule has 0 saturated carbocycles. The molecule has 8 heteroatoms. The molecular weight excluding hydrogens is 280 g/mol. The molecule has 1 amide bonds. The van der Waals surface area contributed by atoms with Crippen molar-refractivity contribution in [3.63, 3.8) is 0 Å². The van der Waals surface area contributed by atoms with Crippen LogP contribution >= 0.6 is 11.6 Å². The Morgan fingerprint density at radius 2 is 2.11 bits per heavy atom. The summed E-state index contributed by atoms with van der Waals surface area (Å²) in [4.78, 5) is 12.9. The number of hydrogen-bond donors (Lipinski definition) is 2. The van der Waals surface area contributed by atoms with Gasteiger partial charge in [-0.2, -0.15) is 0 Å². The predicted molar refractivity (Wildman–Crippen MR) is 67.0 cm³/mol. The molecule has 0 aliphatic carbocycles. The Labute approximate surface area is 109 Å². The summed E-state index contributed by atoms with van der Waals surface area (Å²) in [6.45, 7) is -0.0778. The molecule has 2 rings (SSSR count). The number of para-hydroxylation sites is 1. The van der Waals surface area contributed by atoms with E-state index in [-0.39, 0.29) is 29.4 Å². The third kappa shape index (κ3) is 2.29. The number of phenols is 1. The fraction of sp³-hybridized carbons (Fsp3) is 0.300. The average molecular weight is 291 g/mol. The largest absolute Gasteiger partial charge is 0.504 e. The number of carbonyl (C=O) groups excluding carboxylic acids is 1. The SMILES string of the molecule is NS(=O)(=O)C1CC(=O)N(c2cccc(Cl)c2O)C1. The Balaban J connectivity index is 2.36. The number of halogens is 1. The maximum atomic E-state index is 11.7. The first-order valence-electron chi connectivity index (χ1n) is 5.10. The smallest absolute Gasteiger partial charge is 0.228 e. The molecule has 6 nitrogen and oxygen atoms in total. The van der Waals surface area contributed by atoms with Gasteiger partial charge in [-0.1, -0.05) is 17.7 Å². The van der Waals surface area contributed by atoms with Gasteiger partial charge < -0.3 is 10.0 Å². The minimum Gasteiger partial charge on any atom is -0.504 e. The third-order valence-electron chi connectivity index (χ3n) is 2.81. The van der Waals surface area contributed by atoms with Crippen LogP contribution < -0.4 is 10.0 Å². The number of nitrogens with two attached hydrogens (primary N) is 1. The fourth-order valence-electron chi connectivity index (χ4n) is 1.85. The highest BCUT2D eigenvalue weighted by atomic mass is 35.5. The molecule has 1 saturated heterocycles. The lowest BCUT2D eigenvalue weighted by molar-refractivity contribution is -0.117. The summed E-state index contributed by atoms with van der Waals surface area (Å²) < 4.78 is 22.4. The van der Waals surface area contributed by atoms with E-state index in [1.165, 1.54) is 17.0 Å². The van der Waals surface area contributed by atoms with Crippen LogP contribution in [0.25, 0.3) is 0 Å². The van der Waals surface area contributed by atoms with Crippen LogP contribution in [0.15, 0.2) is 18.2 Å². The van der Waals surface area contributed by atoms with Crippen molar-refractivity contribution in [1.29, 1.82) is 0 Å². The summed E-state index contributed by atoms with van der Waals surface area (Å²) in [5.41, 5.74) is 0.193. The summed E-state index contributed by atoms with van der Waals surface area (Å²) in [7, 11) is -3.78. The molecule has 1 aromatic rings. The molecule has 1 aliphatic heterocycles. The second kappa shape index (κ2) is 4.42. The standard InChI is InChI=1S/C10H11ClN2O4S/c11-7-2-1-3-8(10(7)15)13-5-6(4-9(13)14)18(12,16)17/h1-3,6,15H,4-5H2,(H2,12,16,17). The van der Waals surface area contributed by atoms with E-state index in [4.69, 9.17) is 16.7 Å². The number of nitrogens with zero attached hydrogens (tertiary/aromatic N) is 1. The quantitative estimate of drug-likeness (QED) is 0.825. The lowest BCUT2D eigenvalue weighted by Gasteiger charge is -2.18. The third-order valence-corrected chi connectivity index (χ3v) is 4.36. The molecule has 0 bridgehead atoms. The molecule has 0 radical (unpaired) electrons. The minimum atomic E-state index is -3.78. The zero-order valence-corrected chi connectivity index (χ0v) is 10.8. The highest BCUT2D eigenvalue weighted by Crippen LogP contribution is 2.36. The molecule has 1 aliphatic rings. The van der Waals surface area contributed by atoms with Gasteiger partial charge in [0.2, 0.25) is 15.9 Å². The van der Waals surface area contributed by atoms with Crippen molar-refractivity contribution in [2.75, 3.05) is 11.4 Å². The lowest BCUT2D eigenvalue weighted by atomic mass is 10.2. The van der Waals surface area contributed by atoms with Crippen LogP contribution in [0.4, 0.5) is 5.69 Å². The number of sulfonamides is 1. The van der Waals surface area contributed by atoms with E-state index in [2.05, 4.69) is 0 Å². The monoisotopic (exact) mass is 290 g/mol. The van der Waals surface area contributed by atoms with Crippen molar-refractivity contribution < 1.29 is 18.3 Å². The molecule has 1 unspecified atom stereocenters. The Kier molecular flexibility index (Phi) is 3.22. The van der Waals surface area contributed by atoms with Crippen molar-refractivity contribution in [2.45, 2.75) is 11.7 Å². The van der Waals surface area contributed by atoms with Gasteiger partial charge in [-0.05, 0) is 12.1 Å². The normalized spacial score (nSPS) is 20.4. The first kappa shape index (κ1) is 13.1. The van der Waals surface area contributed by atoms with E-state index in [9.17, 15) is 18.3 Å². The van der Waals surface area contributed by atoms with Crippen molar-refractivity contribution in [1.82, 2.24) is 0 Å². The van der Waals surface area contributed by atoms with Gasteiger partial charge >= 0.3 is 0 Å². The van der Waals surface area contributed by atoms with Gasteiger partial charge in [0.05, 0.1) is 10.7 Å². The van der Waals surface area contributed by atoms with Crippen LogP contribution in [0.1, 0.15) is 6.42 Å². The lowest BCUT2D eigenvalue weighted by Crippen LogP contribution is -2.32. The summed E-state index contributed by atoms with van der Waals surface area (Å²) in [5.74, 6) is -0.658. The maximum absolute atomic E-state index is 11.7. The molecule has 98 valence electrons. The Morgan fingerprint density at radius 1 is 1.44 bits per heavy atom. The molecule has 18 heavy (non-hydrogen) atoms. The summed E-state index contributed by atoms with van der Waals surface area (Å²) in [6, 6.07) is 4.53. The number of benzene rings is 1. The van der Waals surface area contributed by atoms with Crippen LogP contribution in [-0.4, -0.2) is 31.2 Å². The number of amides is 1. The molecule has 0 aromatic heterocycles. The van der Waals surface area contributed by atoms with Crippen LogP contribution in [0.5, 0.6) is 5.75 Å². The molecule has 1 heterocycles. The minimum absolute atomic E-state index is 0.0778. The van der Waals surface area contributed by atoms with Gasteiger partial charge in [0.15, 0.2) is 5.75 Å². The van der Waals surface area contributed by atoms with Crippen molar-refractivity contribution >= 4 is 33.2 Å². The topological polar surface area (TPSA) is 101 Å². The maximum Gasteiger partial charge on any atom is 0.228 e. The first-order chi connectivity index (χ1) is 8.30. The van der Waals surface area contributed by atoms with Crippen molar-refractivity contribution in [2.24, 2.45) is 5.14 Å². The highest BCUT2D eigenvalue weighted by Gasteiger charge is 2.38. The number of primary sulfonamides is 1. The molecule has 3 N–H and O–H groups in total. The van der Waals surface area contributed by atoms with Crippen LogP contribution in [-0.2, 0) is 14.8 Å². The van der Waals surface area contributed by atoms with E-state index in [1.807, 2.05) is 0 Å². The molecule has 1 atom stereocenters. The van der Waals surface area contributed by atoms with Crippen LogP contribution in [0.3, 0.4) is 0 Å². The Morgan fingerprint density at radius 3 is 2.67 bits per heavy atom. The molecular formula is C10H11ClN2O4S. The number of rotatable bonds is 2. The van der Waals surface area contributed by atoms with Gasteiger partial charge in [-0.25, -0.2) is 13.6 Å². The highest BCUT2D eigenvalue weighted by molar-refractivity contribution is 7.89. The zero-order chi connectivity index (χ0) is 13.5. The molecule has 1 aromatic carbocycles. The first-order valence-corrected chi connectivity index (χ1v) is 7.09. The number of anilines is 1. The van der Waals surface area contributed by atoms with Crippen molar-refractivity contribution in [3.05, 3.63) is 23.2 Å². The zero-order valence-electron chi connectivity index (χ0n) is 9.21. The van der Waals surface area contributed by atoms with Crippen LogP contribution in [0, 0.1) is 0 Å². The second-order valence-corrected chi connectivity index (χ2v) is 6.28. The molecule has 0 spiro atoms. The van der Waals surface area contributed by atoms with Gasteiger partial charge in [-0.3, -0.25) is 4.79 Å².